The number of nitrogens with zero attached hydrogens (tertiary/aromatic N) is 4. The molecule has 23 heavy (non-hydrogen) atoms. The van der Waals surface area contributed by atoms with Gasteiger partial charge in [-0.15, -0.1) is 0 Å². The molecule has 0 radical (unpaired) electrons. The van der Waals surface area contributed by atoms with Crippen LogP contribution in [0.4, 0.5) is 0 Å². The molecule has 0 amide bonds. The topological polar surface area (TPSA) is 63.4 Å². The van der Waals surface area contributed by atoms with Gasteiger partial charge < -0.3 is 14.7 Å². The molecule has 6 nitrogen and oxygen atoms in total. The highest BCUT2D eigenvalue weighted by atomic mass is 16.5. The molecule has 124 valence electrons. The minimum Gasteiger partial charge on any atom is -0.491 e. The van der Waals surface area contributed by atoms with E-state index in [2.05, 4.69) is 15.0 Å². The van der Waals surface area contributed by atoms with E-state index in [0.717, 1.165) is 31.8 Å². The smallest absolute Gasteiger partial charge is 0.137 e. The Morgan fingerprint density at radius 1 is 1.30 bits per heavy atom. The maximum Gasteiger partial charge on any atom is 0.137 e. The van der Waals surface area contributed by atoms with Crippen LogP contribution in [0.25, 0.3) is 0 Å². The molecule has 6 heteroatoms. The van der Waals surface area contributed by atoms with Crippen molar-refractivity contribution in [2.24, 2.45) is 5.92 Å². The minimum absolute atomic E-state index is 0.328. The van der Waals surface area contributed by atoms with Crippen molar-refractivity contribution in [3.05, 3.63) is 43.0 Å². The highest BCUT2D eigenvalue weighted by Gasteiger charge is 2.22. The van der Waals surface area contributed by atoms with Gasteiger partial charge in [0.1, 0.15) is 31.1 Å². The predicted octanol–water partition coefficient (Wildman–Crippen LogP) is 1.43. The monoisotopic (exact) mass is 316 g/mol. The van der Waals surface area contributed by atoms with E-state index < -0.39 is 6.10 Å². The zero-order chi connectivity index (χ0) is 15.9. The largest absolute Gasteiger partial charge is 0.491 e. The van der Waals surface area contributed by atoms with E-state index in [1.54, 1.807) is 12.7 Å². The van der Waals surface area contributed by atoms with Crippen molar-refractivity contribution in [1.29, 1.82) is 0 Å². The fourth-order valence-electron chi connectivity index (χ4n) is 3.12. The van der Waals surface area contributed by atoms with Crippen LogP contribution in [0.1, 0.15) is 12.8 Å². The van der Waals surface area contributed by atoms with Crippen LogP contribution in [0.2, 0.25) is 0 Å². The maximum atomic E-state index is 10.2. The summed E-state index contributed by atoms with van der Waals surface area (Å²) < 4.78 is 7.51. The molecule has 0 aliphatic carbocycles. The third-order valence-corrected chi connectivity index (χ3v) is 4.17. The van der Waals surface area contributed by atoms with E-state index >= 15 is 0 Å². The Balaban J connectivity index is 1.41. The minimum atomic E-state index is -0.472. The van der Waals surface area contributed by atoms with Crippen molar-refractivity contribution in [2.45, 2.75) is 25.5 Å². The second-order valence-corrected chi connectivity index (χ2v) is 6.16. The lowest BCUT2D eigenvalue weighted by molar-refractivity contribution is 0.0495. The van der Waals surface area contributed by atoms with E-state index in [0.29, 0.717) is 19.1 Å². The summed E-state index contributed by atoms with van der Waals surface area (Å²) in [7, 11) is 0. The SMILES string of the molecule is OC(COc1ccccc1)CN1CCCC(Cn2cncn2)C1. The number of hydrogen-bond donors (Lipinski definition) is 1. The van der Waals surface area contributed by atoms with Gasteiger partial charge in [0.05, 0.1) is 0 Å². The standard InChI is InChI=1S/C17H24N4O2/c22-16(12-23-17-6-2-1-3-7-17)11-20-8-4-5-15(9-20)10-21-14-18-13-19-21/h1-3,6-7,13-16,22H,4-5,8-12H2. The lowest BCUT2D eigenvalue weighted by atomic mass is 9.98. The fourth-order valence-corrected chi connectivity index (χ4v) is 3.12. The molecule has 2 atom stereocenters. The zero-order valence-electron chi connectivity index (χ0n) is 13.3. The summed E-state index contributed by atoms with van der Waals surface area (Å²) in [6, 6.07) is 9.62. The predicted molar refractivity (Wildman–Crippen MR) is 87.1 cm³/mol. The number of piperidine rings is 1. The van der Waals surface area contributed by atoms with E-state index in [1.165, 1.54) is 6.42 Å². The van der Waals surface area contributed by atoms with Gasteiger partial charge in [0.2, 0.25) is 0 Å². The summed E-state index contributed by atoms with van der Waals surface area (Å²) in [6.07, 6.45) is 5.23. The number of benzene rings is 1. The van der Waals surface area contributed by atoms with Crippen LogP contribution in [0, 0.1) is 5.92 Å². The molecule has 2 unspecified atom stereocenters. The van der Waals surface area contributed by atoms with Gasteiger partial charge in [-0.1, -0.05) is 18.2 Å². The first kappa shape index (κ1) is 16.0. The Morgan fingerprint density at radius 2 is 2.17 bits per heavy atom. The van der Waals surface area contributed by atoms with E-state index in [1.807, 2.05) is 35.0 Å². The van der Waals surface area contributed by atoms with Crippen LogP contribution in [-0.4, -0.2) is 57.1 Å². The van der Waals surface area contributed by atoms with E-state index in [-0.39, 0.29) is 0 Å². The van der Waals surface area contributed by atoms with Crippen LogP contribution >= 0.6 is 0 Å². The van der Waals surface area contributed by atoms with Gasteiger partial charge in [0.15, 0.2) is 0 Å². The number of rotatable bonds is 7. The van der Waals surface area contributed by atoms with Gasteiger partial charge in [0, 0.05) is 19.6 Å². The zero-order valence-corrected chi connectivity index (χ0v) is 13.3. The summed E-state index contributed by atoms with van der Waals surface area (Å²) in [4.78, 5) is 6.31. The van der Waals surface area contributed by atoms with Gasteiger partial charge in [-0.25, -0.2) is 4.98 Å². The number of β-amino-alcohol motifs (C(OH)–C–C–N with tert-alkyl or cyclic N) is 1. The molecule has 0 bridgehead atoms. The maximum absolute atomic E-state index is 10.2. The molecule has 1 fully saturated rings. The molecule has 1 N–H and O–H groups in total. The van der Waals surface area contributed by atoms with Gasteiger partial charge in [-0.2, -0.15) is 5.10 Å². The summed E-state index contributed by atoms with van der Waals surface area (Å²) in [5.74, 6) is 1.36. The average Bonchev–Trinajstić information content (AvgIpc) is 3.07. The molecule has 1 aromatic carbocycles. The number of ether oxygens (including phenoxy) is 1. The number of aromatic nitrogens is 3. The number of hydrogen-bond acceptors (Lipinski definition) is 5. The van der Waals surface area contributed by atoms with Crippen molar-refractivity contribution in [1.82, 2.24) is 19.7 Å². The summed E-state index contributed by atoms with van der Waals surface area (Å²) in [5.41, 5.74) is 0. The van der Waals surface area contributed by atoms with E-state index in [9.17, 15) is 5.11 Å². The molecule has 1 saturated heterocycles. The van der Waals surface area contributed by atoms with Gasteiger partial charge in [0.25, 0.3) is 0 Å². The lowest BCUT2D eigenvalue weighted by Gasteiger charge is -2.33. The van der Waals surface area contributed by atoms with Crippen LogP contribution in [-0.2, 0) is 6.54 Å². The molecular formula is C17H24N4O2. The first-order valence-corrected chi connectivity index (χ1v) is 8.20. The molecule has 1 aromatic heterocycles. The van der Waals surface area contributed by atoms with Crippen LogP contribution in [0.15, 0.2) is 43.0 Å². The van der Waals surface area contributed by atoms with Gasteiger partial charge >= 0.3 is 0 Å². The third kappa shape index (κ3) is 5.04. The Labute approximate surface area is 136 Å². The molecule has 1 aliphatic rings. The molecule has 0 saturated carbocycles. The molecule has 2 aromatic rings. The Bertz CT molecular complexity index is 561. The second-order valence-electron chi connectivity index (χ2n) is 6.16. The number of likely N-dealkylation sites (tertiary alicyclic amines) is 1. The number of aliphatic hydroxyl groups excluding tert-OH is 1. The Hall–Kier alpha value is -1.92. The molecule has 1 aliphatic heterocycles. The number of aliphatic hydroxyl groups is 1. The first-order chi connectivity index (χ1) is 11.3. The van der Waals surface area contributed by atoms with E-state index in [4.69, 9.17) is 4.74 Å². The molecular weight excluding hydrogens is 292 g/mol. The van der Waals surface area contributed by atoms with Crippen molar-refractivity contribution in [3.8, 4) is 5.75 Å². The van der Waals surface area contributed by atoms with Crippen LogP contribution < -0.4 is 4.74 Å². The summed E-state index contributed by atoms with van der Waals surface area (Å²) in [5, 5.41) is 14.4. The molecule has 0 spiro atoms. The molecule has 2 heterocycles. The van der Waals surface area contributed by atoms with Gasteiger partial charge in [-0.05, 0) is 37.4 Å². The van der Waals surface area contributed by atoms with Crippen molar-refractivity contribution in [2.75, 3.05) is 26.2 Å². The Kier molecular flexibility index (Phi) is 5.60. The highest BCUT2D eigenvalue weighted by molar-refractivity contribution is 5.20. The highest BCUT2D eigenvalue weighted by Crippen LogP contribution is 2.18. The Morgan fingerprint density at radius 3 is 2.96 bits per heavy atom. The summed E-state index contributed by atoms with van der Waals surface area (Å²) >= 11 is 0. The quantitative estimate of drug-likeness (QED) is 0.837. The second kappa shape index (κ2) is 8.08. The van der Waals surface area contributed by atoms with Gasteiger partial charge in [-0.3, -0.25) is 4.68 Å². The third-order valence-electron chi connectivity index (χ3n) is 4.17. The van der Waals surface area contributed by atoms with Crippen LogP contribution in [0.3, 0.4) is 0 Å². The lowest BCUT2D eigenvalue weighted by Crippen LogP contribution is -2.42. The normalized spacial score (nSPS) is 20.3. The van der Waals surface area contributed by atoms with Crippen molar-refractivity contribution < 1.29 is 9.84 Å². The summed E-state index contributed by atoms with van der Waals surface area (Å²) in [6.45, 7) is 3.90. The molecule has 3 rings (SSSR count). The van der Waals surface area contributed by atoms with Crippen molar-refractivity contribution >= 4 is 0 Å². The average molecular weight is 316 g/mol. The fraction of sp³-hybridized carbons (Fsp3) is 0.529. The first-order valence-electron chi connectivity index (χ1n) is 8.20. The van der Waals surface area contributed by atoms with Crippen LogP contribution in [0.5, 0.6) is 5.75 Å². The van der Waals surface area contributed by atoms with Crippen molar-refractivity contribution in [3.63, 3.8) is 0 Å². The number of para-hydroxylation sites is 1.